The van der Waals surface area contributed by atoms with E-state index in [0.717, 1.165) is 50.3 Å². The number of rotatable bonds is 3. The second-order valence-corrected chi connectivity index (χ2v) is 5.74. The summed E-state index contributed by atoms with van der Waals surface area (Å²) in [5, 5.41) is 10.1. The highest BCUT2D eigenvalue weighted by Gasteiger charge is 2.24. The monoisotopic (exact) mass is 264 g/mol. The van der Waals surface area contributed by atoms with Crippen LogP contribution in [0.25, 0.3) is 0 Å². The maximum atomic E-state index is 10.1. The van der Waals surface area contributed by atoms with Gasteiger partial charge in [-0.1, -0.05) is 0 Å². The second kappa shape index (κ2) is 5.80. The molecule has 1 heterocycles. The molecule has 4 nitrogen and oxygen atoms in total. The Morgan fingerprint density at radius 2 is 2.11 bits per heavy atom. The van der Waals surface area contributed by atoms with E-state index >= 15 is 0 Å². The van der Waals surface area contributed by atoms with Crippen molar-refractivity contribution >= 4 is 5.69 Å². The van der Waals surface area contributed by atoms with E-state index in [1.807, 2.05) is 25.1 Å². The van der Waals surface area contributed by atoms with Crippen LogP contribution in [0.5, 0.6) is 5.75 Å². The lowest BCUT2D eigenvalue weighted by atomic mass is 9.98. The van der Waals surface area contributed by atoms with Crippen LogP contribution in [-0.2, 0) is 6.54 Å². The highest BCUT2D eigenvalue weighted by Crippen LogP contribution is 2.24. The molecule has 1 fully saturated rings. The lowest BCUT2D eigenvalue weighted by Crippen LogP contribution is -2.28. The van der Waals surface area contributed by atoms with Gasteiger partial charge in [-0.05, 0) is 50.4 Å². The van der Waals surface area contributed by atoms with E-state index in [-0.39, 0.29) is 0 Å². The molecule has 0 amide bonds. The van der Waals surface area contributed by atoms with Crippen molar-refractivity contribution in [2.45, 2.75) is 38.3 Å². The molecule has 1 saturated heterocycles. The lowest BCUT2D eigenvalue weighted by Gasteiger charge is -2.22. The SMILES string of the molecule is COc1cc(N)cc(CN2CCCC(C)(O)CC2)c1. The van der Waals surface area contributed by atoms with Crippen molar-refractivity contribution in [1.82, 2.24) is 4.90 Å². The summed E-state index contributed by atoms with van der Waals surface area (Å²) in [6.07, 6.45) is 2.74. The minimum Gasteiger partial charge on any atom is -0.497 e. The second-order valence-electron chi connectivity index (χ2n) is 5.74. The molecule has 1 atom stereocenters. The van der Waals surface area contributed by atoms with Crippen LogP contribution < -0.4 is 10.5 Å². The quantitative estimate of drug-likeness (QED) is 0.820. The van der Waals surface area contributed by atoms with E-state index in [2.05, 4.69) is 4.90 Å². The Hall–Kier alpha value is -1.26. The number of methoxy groups -OCH3 is 1. The van der Waals surface area contributed by atoms with Crippen molar-refractivity contribution in [3.63, 3.8) is 0 Å². The van der Waals surface area contributed by atoms with Gasteiger partial charge in [0.25, 0.3) is 0 Å². The summed E-state index contributed by atoms with van der Waals surface area (Å²) < 4.78 is 5.24. The molecule has 2 rings (SSSR count). The summed E-state index contributed by atoms with van der Waals surface area (Å²) in [5.41, 5.74) is 7.26. The highest BCUT2D eigenvalue weighted by molar-refractivity contribution is 5.47. The molecule has 19 heavy (non-hydrogen) atoms. The van der Waals surface area contributed by atoms with Gasteiger partial charge < -0.3 is 15.6 Å². The van der Waals surface area contributed by atoms with Crippen molar-refractivity contribution in [2.75, 3.05) is 25.9 Å². The Morgan fingerprint density at radius 1 is 1.32 bits per heavy atom. The van der Waals surface area contributed by atoms with Crippen LogP contribution in [-0.4, -0.2) is 35.8 Å². The van der Waals surface area contributed by atoms with Gasteiger partial charge in [-0.2, -0.15) is 0 Å². The van der Waals surface area contributed by atoms with Crippen molar-refractivity contribution in [3.8, 4) is 5.75 Å². The number of hydrogen-bond donors (Lipinski definition) is 2. The molecule has 1 aromatic rings. The average molecular weight is 264 g/mol. The van der Waals surface area contributed by atoms with Crippen molar-refractivity contribution in [1.29, 1.82) is 0 Å². The number of ether oxygens (including phenoxy) is 1. The Labute approximate surface area is 115 Å². The molecule has 3 N–H and O–H groups in total. The average Bonchev–Trinajstić information content (AvgIpc) is 2.50. The van der Waals surface area contributed by atoms with E-state index in [9.17, 15) is 5.11 Å². The predicted molar refractivity (Wildman–Crippen MR) is 77.2 cm³/mol. The number of aliphatic hydroxyl groups is 1. The van der Waals surface area contributed by atoms with Gasteiger partial charge in [0.05, 0.1) is 12.7 Å². The zero-order chi connectivity index (χ0) is 13.9. The van der Waals surface area contributed by atoms with Crippen LogP contribution >= 0.6 is 0 Å². The minimum absolute atomic E-state index is 0.512. The molecule has 0 saturated carbocycles. The zero-order valence-electron chi connectivity index (χ0n) is 11.9. The third-order valence-corrected chi connectivity index (χ3v) is 3.79. The maximum absolute atomic E-state index is 10.1. The van der Waals surface area contributed by atoms with Gasteiger partial charge in [0.1, 0.15) is 5.75 Å². The van der Waals surface area contributed by atoms with Gasteiger partial charge in [0, 0.05) is 24.8 Å². The molecule has 1 unspecified atom stereocenters. The van der Waals surface area contributed by atoms with Gasteiger partial charge in [0.2, 0.25) is 0 Å². The third kappa shape index (κ3) is 4.11. The molecular weight excluding hydrogens is 240 g/mol. The molecular formula is C15H24N2O2. The largest absolute Gasteiger partial charge is 0.497 e. The summed E-state index contributed by atoms with van der Waals surface area (Å²) in [4.78, 5) is 2.37. The standard InChI is InChI=1S/C15H24N2O2/c1-15(18)4-3-6-17(7-5-15)11-12-8-13(16)10-14(9-12)19-2/h8-10,18H,3-7,11,16H2,1-2H3. The molecule has 0 aliphatic carbocycles. The van der Waals surface area contributed by atoms with E-state index < -0.39 is 5.60 Å². The first-order valence-electron chi connectivity index (χ1n) is 6.87. The first kappa shape index (κ1) is 14.2. The number of nitrogens with zero attached hydrogens (tertiary/aromatic N) is 1. The van der Waals surface area contributed by atoms with E-state index in [0.29, 0.717) is 0 Å². The molecule has 0 aromatic heterocycles. The Bertz CT molecular complexity index is 432. The smallest absolute Gasteiger partial charge is 0.121 e. The Balaban J connectivity index is 2.02. The van der Waals surface area contributed by atoms with E-state index in [1.54, 1.807) is 7.11 Å². The van der Waals surface area contributed by atoms with Gasteiger partial charge >= 0.3 is 0 Å². The number of anilines is 1. The molecule has 0 bridgehead atoms. The number of nitrogens with two attached hydrogens (primary N) is 1. The van der Waals surface area contributed by atoms with E-state index in [1.165, 1.54) is 5.56 Å². The van der Waals surface area contributed by atoms with Gasteiger partial charge in [-0.15, -0.1) is 0 Å². The lowest BCUT2D eigenvalue weighted by molar-refractivity contribution is 0.0444. The van der Waals surface area contributed by atoms with Crippen LogP contribution in [0.15, 0.2) is 18.2 Å². The fourth-order valence-electron chi connectivity index (χ4n) is 2.63. The molecule has 0 spiro atoms. The van der Waals surface area contributed by atoms with Crippen LogP contribution in [0.4, 0.5) is 5.69 Å². The number of hydrogen-bond acceptors (Lipinski definition) is 4. The summed E-state index contributed by atoms with van der Waals surface area (Å²) in [5.74, 6) is 0.803. The van der Waals surface area contributed by atoms with Gasteiger partial charge in [0.15, 0.2) is 0 Å². The number of benzene rings is 1. The fourth-order valence-corrected chi connectivity index (χ4v) is 2.63. The van der Waals surface area contributed by atoms with Crippen molar-refractivity contribution in [3.05, 3.63) is 23.8 Å². The summed E-state index contributed by atoms with van der Waals surface area (Å²) in [6, 6.07) is 5.85. The summed E-state index contributed by atoms with van der Waals surface area (Å²) in [6.45, 7) is 4.73. The first-order valence-corrected chi connectivity index (χ1v) is 6.87. The van der Waals surface area contributed by atoms with Crippen LogP contribution in [0, 0.1) is 0 Å². The minimum atomic E-state index is -0.512. The molecule has 4 heteroatoms. The highest BCUT2D eigenvalue weighted by atomic mass is 16.5. The molecule has 1 aromatic carbocycles. The topological polar surface area (TPSA) is 58.7 Å². The Morgan fingerprint density at radius 3 is 2.84 bits per heavy atom. The normalized spacial score (nSPS) is 25.0. The predicted octanol–water partition coefficient (Wildman–Crippen LogP) is 2.01. The zero-order valence-corrected chi connectivity index (χ0v) is 11.9. The molecule has 1 aliphatic heterocycles. The summed E-state index contributed by atoms with van der Waals surface area (Å²) >= 11 is 0. The maximum Gasteiger partial charge on any atom is 0.121 e. The van der Waals surface area contributed by atoms with Crippen LogP contribution in [0.3, 0.4) is 0 Å². The Kier molecular flexibility index (Phi) is 4.32. The van der Waals surface area contributed by atoms with Crippen molar-refractivity contribution in [2.24, 2.45) is 0 Å². The van der Waals surface area contributed by atoms with Crippen LogP contribution in [0.1, 0.15) is 31.7 Å². The van der Waals surface area contributed by atoms with Crippen molar-refractivity contribution < 1.29 is 9.84 Å². The van der Waals surface area contributed by atoms with E-state index in [4.69, 9.17) is 10.5 Å². The molecule has 0 radical (unpaired) electrons. The van der Waals surface area contributed by atoms with Gasteiger partial charge in [-0.3, -0.25) is 4.90 Å². The summed E-state index contributed by atoms with van der Waals surface area (Å²) in [7, 11) is 1.65. The molecule has 1 aliphatic rings. The number of likely N-dealkylation sites (tertiary alicyclic amines) is 1. The van der Waals surface area contributed by atoms with Crippen LogP contribution in [0.2, 0.25) is 0 Å². The third-order valence-electron chi connectivity index (χ3n) is 3.79. The van der Waals surface area contributed by atoms with Gasteiger partial charge in [-0.25, -0.2) is 0 Å². The molecule has 106 valence electrons. The fraction of sp³-hybridized carbons (Fsp3) is 0.600. The number of nitrogen functional groups attached to an aromatic ring is 1. The first-order chi connectivity index (χ1) is 8.98.